The van der Waals surface area contributed by atoms with Crippen molar-refractivity contribution in [2.45, 2.75) is 0 Å². The first-order valence-electron chi connectivity index (χ1n) is 8.09. The second kappa shape index (κ2) is 7.93. The smallest absolute Gasteiger partial charge is 0.130 e. The number of aromatic nitrogens is 4. The van der Waals surface area contributed by atoms with Crippen molar-refractivity contribution in [2.75, 3.05) is 0 Å². The molecule has 134 valence electrons. The molecule has 3 aromatic carbocycles. The molecular formula is C20H13FI2N4. The summed E-state index contributed by atoms with van der Waals surface area (Å²) in [6.45, 7) is 0. The highest BCUT2D eigenvalue weighted by molar-refractivity contribution is 14.1. The van der Waals surface area contributed by atoms with Crippen LogP contribution in [0.25, 0.3) is 27.5 Å². The van der Waals surface area contributed by atoms with Crippen LogP contribution in [-0.2, 0) is 0 Å². The lowest BCUT2D eigenvalue weighted by Crippen LogP contribution is -1.95. The number of fused-ring (bicyclic) bond motifs is 2. The van der Waals surface area contributed by atoms with Gasteiger partial charge in [0.1, 0.15) is 9.52 Å². The van der Waals surface area contributed by atoms with Crippen LogP contribution >= 0.6 is 45.2 Å². The second-order valence-electron chi connectivity index (χ2n) is 5.80. The maximum absolute atomic E-state index is 12.9. The van der Waals surface area contributed by atoms with Gasteiger partial charge in [-0.25, -0.2) is 9.07 Å². The van der Waals surface area contributed by atoms with Crippen molar-refractivity contribution in [3.8, 4) is 5.69 Å². The molecule has 2 aromatic heterocycles. The molecule has 0 fully saturated rings. The van der Waals surface area contributed by atoms with Gasteiger partial charge in [-0.1, -0.05) is 18.2 Å². The van der Waals surface area contributed by atoms with Crippen LogP contribution in [0.5, 0.6) is 0 Å². The zero-order valence-electron chi connectivity index (χ0n) is 13.9. The van der Waals surface area contributed by atoms with Gasteiger partial charge in [-0.2, -0.15) is 10.2 Å². The number of hydrogen-bond donors (Lipinski definition) is 1. The van der Waals surface area contributed by atoms with Crippen LogP contribution in [0, 0.1) is 13.1 Å². The van der Waals surface area contributed by atoms with Gasteiger partial charge in [0.2, 0.25) is 0 Å². The SMILES string of the molecule is Fc1ccc(-n2ncc3cc(I)ccc32)cc1.Ic1n[nH]c2ccccc12. The molecule has 4 nitrogen and oxygen atoms in total. The summed E-state index contributed by atoms with van der Waals surface area (Å²) < 4.78 is 16.9. The molecule has 0 aliphatic carbocycles. The average Bonchev–Trinajstić information content (AvgIpc) is 3.27. The van der Waals surface area contributed by atoms with Gasteiger partial charge in [0, 0.05) is 14.3 Å². The topological polar surface area (TPSA) is 46.5 Å². The maximum Gasteiger partial charge on any atom is 0.130 e. The van der Waals surface area contributed by atoms with E-state index in [9.17, 15) is 4.39 Å². The van der Waals surface area contributed by atoms with Crippen LogP contribution in [0.2, 0.25) is 0 Å². The van der Waals surface area contributed by atoms with E-state index in [4.69, 9.17) is 0 Å². The van der Waals surface area contributed by atoms with Crippen molar-refractivity contribution in [2.24, 2.45) is 0 Å². The zero-order chi connectivity index (χ0) is 18.8. The monoisotopic (exact) mass is 582 g/mol. The van der Waals surface area contributed by atoms with E-state index in [0.717, 1.165) is 25.8 Å². The Morgan fingerprint density at radius 2 is 1.70 bits per heavy atom. The molecule has 0 unspecified atom stereocenters. The van der Waals surface area contributed by atoms with Crippen LogP contribution in [0.4, 0.5) is 4.39 Å². The lowest BCUT2D eigenvalue weighted by Gasteiger charge is -2.03. The number of rotatable bonds is 1. The molecule has 0 aliphatic rings. The largest absolute Gasteiger partial charge is 0.277 e. The second-order valence-corrected chi connectivity index (χ2v) is 8.06. The first kappa shape index (κ1) is 18.4. The van der Waals surface area contributed by atoms with Gasteiger partial charge in [-0.3, -0.25) is 5.10 Å². The van der Waals surface area contributed by atoms with E-state index in [0.29, 0.717) is 0 Å². The molecule has 0 amide bonds. The normalized spacial score (nSPS) is 10.8. The number of aromatic amines is 1. The van der Waals surface area contributed by atoms with Crippen LogP contribution in [0.15, 0.2) is 72.9 Å². The minimum Gasteiger partial charge on any atom is -0.277 e. The van der Waals surface area contributed by atoms with Crippen LogP contribution < -0.4 is 0 Å². The number of H-pyrrole nitrogens is 1. The van der Waals surface area contributed by atoms with Gasteiger partial charge >= 0.3 is 0 Å². The molecule has 0 radical (unpaired) electrons. The highest BCUT2D eigenvalue weighted by Crippen LogP contribution is 2.20. The van der Waals surface area contributed by atoms with E-state index in [2.05, 4.69) is 72.6 Å². The summed E-state index contributed by atoms with van der Waals surface area (Å²) in [5.41, 5.74) is 2.99. The Balaban J connectivity index is 0.000000153. The van der Waals surface area contributed by atoms with Gasteiger partial charge in [0.05, 0.1) is 22.9 Å². The van der Waals surface area contributed by atoms with Crippen molar-refractivity contribution >= 4 is 67.0 Å². The predicted octanol–water partition coefficient (Wildman–Crippen LogP) is 5.94. The lowest BCUT2D eigenvalue weighted by atomic mass is 10.2. The number of benzene rings is 3. The summed E-state index contributed by atoms with van der Waals surface area (Å²) >= 11 is 4.48. The highest BCUT2D eigenvalue weighted by Gasteiger charge is 2.05. The molecule has 7 heteroatoms. The third-order valence-corrected chi connectivity index (χ3v) is 5.52. The first-order chi connectivity index (χ1) is 13.1. The summed E-state index contributed by atoms with van der Waals surface area (Å²) in [7, 11) is 0. The molecule has 2 heterocycles. The Morgan fingerprint density at radius 1 is 0.926 bits per heavy atom. The minimum absolute atomic E-state index is 0.236. The molecule has 0 spiro atoms. The molecular weight excluding hydrogens is 569 g/mol. The van der Waals surface area contributed by atoms with Crippen molar-refractivity contribution < 1.29 is 4.39 Å². The van der Waals surface area contributed by atoms with E-state index < -0.39 is 0 Å². The Hall–Kier alpha value is -2.01. The Morgan fingerprint density at radius 3 is 2.48 bits per heavy atom. The standard InChI is InChI=1S/C13H8FIN2.C7H5IN2/c14-10-1-4-12(5-2-10)17-13-6-3-11(15)7-9(13)8-16-17;8-7-5-3-1-2-4-6(5)9-10-7/h1-8H;1-4H,(H,9,10). The van der Waals surface area contributed by atoms with Crippen molar-refractivity contribution in [3.63, 3.8) is 0 Å². The van der Waals surface area contributed by atoms with Crippen molar-refractivity contribution in [3.05, 3.63) is 86.0 Å². The summed E-state index contributed by atoms with van der Waals surface area (Å²) in [5, 5.41) is 13.6. The summed E-state index contributed by atoms with van der Waals surface area (Å²) in [6.07, 6.45) is 1.82. The van der Waals surface area contributed by atoms with Gasteiger partial charge in [0.25, 0.3) is 0 Å². The summed E-state index contributed by atoms with van der Waals surface area (Å²) in [4.78, 5) is 0. The number of para-hydroxylation sites is 1. The van der Waals surface area contributed by atoms with E-state index in [1.54, 1.807) is 12.1 Å². The van der Waals surface area contributed by atoms with Gasteiger partial charge < -0.3 is 0 Å². The number of nitrogens with one attached hydrogen (secondary N) is 1. The molecule has 5 rings (SSSR count). The molecule has 0 bridgehead atoms. The van der Waals surface area contributed by atoms with Crippen molar-refractivity contribution in [1.29, 1.82) is 0 Å². The molecule has 1 N–H and O–H groups in total. The third kappa shape index (κ3) is 3.98. The van der Waals surface area contributed by atoms with Gasteiger partial charge in [-0.05, 0) is 93.7 Å². The molecule has 5 aromatic rings. The van der Waals surface area contributed by atoms with E-state index >= 15 is 0 Å². The zero-order valence-corrected chi connectivity index (χ0v) is 18.2. The Bertz CT molecular complexity index is 1210. The molecule has 27 heavy (non-hydrogen) atoms. The number of hydrogen-bond acceptors (Lipinski definition) is 2. The van der Waals surface area contributed by atoms with Gasteiger partial charge in [-0.15, -0.1) is 0 Å². The minimum atomic E-state index is -0.236. The fraction of sp³-hybridized carbons (Fsp3) is 0. The van der Waals surface area contributed by atoms with Crippen LogP contribution in [0.1, 0.15) is 0 Å². The lowest BCUT2D eigenvalue weighted by molar-refractivity contribution is 0.627. The van der Waals surface area contributed by atoms with Crippen LogP contribution in [0.3, 0.4) is 0 Å². The molecule has 0 aliphatic heterocycles. The number of halogens is 3. The van der Waals surface area contributed by atoms with Crippen molar-refractivity contribution in [1.82, 2.24) is 20.0 Å². The quantitative estimate of drug-likeness (QED) is 0.249. The first-order valence-corrected chi connectivity index (χ1v) is 10.3. The Labute approximate surface area is 182 Å². The molecule has 0 atom stereocenters. The molecule has 0 saturated heterocycles. The average molecular weight is 582 g/mol. The van der Waals surface area contributed by atoms with E-state index in [1.165, 1.54) is 21.1 Å². The fourth-order valence-corrected chi connectivity index (χ4v) is 3.83. The van der Waals surface area contributed by atoms with Gasteiger partial charge in [0.15, 0.2) is 0 Å². The van der Waals surface area contributed by atoms with Crippen LogP contribution in [-0.4, -0.2) is 20.0 Å². The summed E-state index contributed by atoms with van der Waals surface area (Å²) in [5.74, 6) is -0.236. The fourth-order valence-electron chi connectivity index (χ4n) is 2.72. The number of nitrogens with zero attached hydrogens (tertiary/aromatic N) is 3. The Kier molecular flexibility index (Phi) is 5.39. The predicted molar refractivity (Wildman–Crippen MR) is 123 cm³/mol. The van der Waals surface area contributed by atoms with E-state index in [1.807, 2.05) is 41.2 Å². The summed E-state index contributed by atoms with van der Waals surface area (Å²) in [6, 6.07) is 20.5. The molecule has 0 saturated carbocycles. The van der Waals surface area contributed by atoms with E-state index in [-0.39, 0.29) is 5.82 Å². The highest BCUT2D eigenvalue weighted by atomic mass is 127. The maximum atomic E-state index is 12.9. The third-order valence-electron chi connectivity index (χ3n) is 4.03.